The van der Waals surface area contributed by atoms with Crippen molar-refractivity contribution in [2.75, 3.05) is 27.4 Å². The molecule has 3 aliphatic rings. The summed E-state index contributed by atoms with van der Waals surface area (Å²) in [6, 6.07) is 28.4. The number of halogens is 5. The number of carboxylic acids is 3. The first-order valence-corrected chi connectivity index (χ1v) is 30.6. The van der Waals surface area contributed by atoms with Gasteiger partial charge >= 0.3 is 17.9 Å². The molecule has 3 amide bonds. The Bertz CT molecular complexity index is 4390. The molecule has 5 aromatic carbocycles. The SMILES string of the molecule is CC(=O)Cc1cc(Oc2cc(F)c(N)cc2C)ccn1.CC(=O)Cc1cc(Oc2cc(F)c(NC(=O)C3(C(=O)Nc4ccc(F)cc4)CC3)cc2C)ccn1.CC(=O)Cc1cc(Oc2cc(F)c(NC(=O)C3(C(=O)O)CC3)cc2C)ccn1.Nc1ccc(F)cc1.O=C(O)C1(C(=O)O)CC1. The molecule has 522 valence electrons. The highest BCUT2D eigenvalue weighted by atomic mass is 19.1. The zero-order valence-corrected chi connectivity index (χ0v) is 54.8. The van der Waals surface area contributed by atoms with Crippen LogP contribution in [0.5, 0.6) is 34.5 Å². The van der Waals surface area contributed by atoms with Crippen LogP contribution in [0.1, 0.15) is 93.1 Å². The van der Waals surface area contributed by atoms with Crippen LogP contribution >= 0.6 is 0 Å². The van der Waals surface area contributed by atoms with Crippen molar-refractivity contribution in [1.82, 2.24) is 15.0 Å². The molecule has 0 atom stereocenters. The molecule has 8 aromatic rings. The lowest BCUT2D eigenvalue weighted by Gasteiger charge is -2.17. The molecule has 3 heterocycles. The molecule has 28 heteroatoms. The number of nitrogens with one attached hydrogen (secondary N) is 3. The summed E-state index contributed by atoms with van der Waals surface area (Å²) in [4.78, 5) is 115. The zero-order valence-electron chi connectivity index (χ0n) is 54.8. The third-order valence-electron chi connectivity index (χ3n) is 15.4. The molecule has 0 unspecified atom stereocenters. The summed E-state index contributed by atoms with van der Waals surface area (Å²) in [6.45, 7) is 9.55. The quantitative estimate of drug-likeness (QED) is 0.0188. The van der Waals surface area contributed by atoms with E-state index >= 15 is 0 Å². The Morgan fingerprint density at radius 2 is 0.740 bits per heavy atom. The minimum Gasteiger partial charge on any atom is -0.480 e. The Morgan fingerprint density at radius 1 is 0.420 bits per heavy atom. The molecule has 10 N–H and O–H groups in total. The summed E-state index contributed by atoms with van der Waals surface area (Å²) in [5, 5.41) is 33.2. The normalized spacial score (nSPS) is 13.4. The van der Waals surface area contributed by atoms with E-state index in [1.807, 2.05) is 0 Å². The molecule has 3 aromatic heterocycles. The van der Waals surface area contributed by atoms with Gasteiger partial charge in [0.2, 0.25) is 17.7 Å². The van der Waals surface area contributed by atoms with Crippen molar-refractivity contribution >= 4 is 81.4 Å². The number of aromatic nitrogens is 3. The van der Waals surface area contributed by atoms with E-state index < -0.39 is 75.1 Å². The van der Waals surface area contributed by atoms with E-state index in [0.717, 1.165) is 17.7 Å². The molecule has 0 saturated heterocycles. The van der Waals surface area contributed by atoms with Crippen LogP contribution in [0.2, 0.25) is 0 Å². The molecule has 23 nitrogen and oxygen atoms in total. The molecular weight excluding hydrogens is 1310 g/mol. The number of carbonyl (C=O) groups is 9. The smallest absolute Gasteiger partial charge is 0.321 e. The lowest BCUT2D eigenvalue weighted by atomic mass is 10.0. The minimum atomic E-state index is -1.46. The van der Waals surface area contributed by atoms with Gasteiger partial charge in [-0.1, -0.05) is 0 Å². The number of nitrogens with two attached hydrogens (primary N) is 2. The van der Waals surface area contributed by atoms with Gasteiger partial charge in [0.25, 0.3) is 0 Å². The van der Waals surface area contributed by atoms with Crippen LogP contribution in [-0.2, 0) is 62.4 Å². The first kappa shape index (κ1) is 75.4. The van der Waals surface area contributed by atoms with E-state index in [1.165, 1.54) is 106 Å². The molecule has 3 aliphatic carbocycles. The Balaban J connectivity index is 0.000000192. The van der Waals surface area contributed by atoms with E-state index in [9.17, 15) is 65.1 Å². The number of benzene rings is 5. The third kappa shape index (κ3) is 20.8. The number of rotatable bonds is 21. The molecule has 100 heavy (non-hydrogen) atoms. The number of amides is 3. The van der Waals surface area contributed by atoms with E-state index in [1.54, 1.807) is 63.4 Å². The summed E-state index contributed by atoms with van der Waals surface area (Å²) in [7, 11) is 0. The van der Waals surface area contributed by atoms with Gasteiger partial charge in [-0.2, -0.15) is 0 Å². The standard InChI is InChI=1S/C26H23F2N3O4.C20H19FN2O5.C15H15FN2O2.C6H6FN.C5H6O4/c1-15-11-22(21(28)14-23(15)35-20-7-10-29-19(13-20)12-16(2)32)31-25(34)26(8-9-26)24(33)30-18-5-3-17(27)4-6-18;1-11-7-16(23-18(25)20(4-5-20)19(26)27)15(21)10-17(11)28-14-3-6-22-13(9-14)8-12(2)24;1-9-5-14(17)13(16)8-15(9)20-12-3-4-18-11(7-12)6-10(2)19;7-5-1-3-6(8)4-2-5;6-3(7)5(1-2-5)4(8)9/h3-7,10-11,13-14H,8-9,12H2,1-2H3,(H,30,33)(H,31,34);3,6-7,9-10H,4-5,8H2,1-2H3,(H,23,25)(H,26,27);3-5,7-8H,6,17H2,1-2H3;1-4H,8H2;1-2H2,(H,6,7)(H,8,9). The average molecular weight is 1380 g/mol. The topological polar surface area (TPSA) is 369 Å². The Morgan fingerprint density at radius 3 is 1.06 bits per heavy atom. The van der Waals surface area contributed by atoms with Crippen LogP contribution in [0.25, 0.3) is 0 Å². The van der Waals surface area contributed by atoms with Gasteiger partial charge in [0.1, 0.15) is 91.8 Å². The number of pyridine rings is 3. The first-order valence-electron chi connectivity index (χ1n) is 30.6. The van der Waals surface area contributed by atoms with E-state index in [-0.39, 0.29) is 96.7 Å². The predicted octanol–water partition coefficient (Wildman–Crippen LogP) is 12.6. The summed E-state index contributed by atoms with van der Waals surface area (Å²) >= 11 is 0. The van der Waals surface area contributed by atoms with E-state index in [2.05, 4.69) is 30.9 Å². The number of aryl methyl sites for hydroxylation is 3. The molecule has 3 saturated carbocycles. The molecule has 0 bridgehead atoms. The summed E-state index contributed by atoms with van der Waals surface area (Å²) in [6.07, 6.45) is 6.78. The van der Waals surface area contributed by atoms with Gasteiger partial charge < -0.3 is 56.9 Å². The van der Waals surface area contributed by atoms with Crippen LogP contribution in [0.4, 0.5) is 50.4 Å². The number of nitrogens with zero attached hydrogens (tertiary/aromatic N) is 3. The molecule has 0 radical (unpaired) electrons. The lowest BCUT2D eigenvalue weighted by molar-refractivity contribution is -0.157. The third-order valence-corrected chi connectivity index (χ3v) is 15.4. The molecule has 3 fully saturated rings. The lowest BCUT2D eigenvalue weighted by Crippen LogP contribution is -2.35. The highest BCUT2D eigenvalue weighted by Gasteiger charge is 2.59. The van der Waals surface area contributed by atoms with Gasteiger partial charge in [0, 0.05) is 85.6 Å². The predicted molar refractivity (Wildman–Crippen MR) is 355 cm³/mol. The molecular formula is C72H69F5N8O15. The fourth-order valence-electron chi connectivity index (χ4n) is 9.25. The number of aliphatic carboxylic acids is 3. The highest BCUT2D eigenvalue weighted by molar-refractivity contribution is 6.17. The number of anilines is 5. The Hall–Kier alpha value is -12.0. The van der Waals surface area contributed by atoms with Gasteiger partial charge in [-0.05, 0) is 182 Å². The van der Waals surface area contributed by atoms with Crippen LogP contribution in [0.3, 0.4) is 0 Å². The Labute approximate surface area is 569 Å². The maximum Gasteiger partial charge on any atom is 0.321 e. The molecule has 11 rings (SSSR count). The second-order valence-corrected chi connectivity index (χ2v) is 23.8. The number of nitrogen functional groups attached to an aromatic ring is 2. The minimum absolute atomic E-state index is 0.0179. The summed E-state index contributed by atoms with van der Waals surface area (Å²) in [5.74, 6) is -6.12. The summed E-state index contributed by atoms with van der Waals surface area (Å²) in [5.41, 5.74) is 10.9. The van der Waals surface area contributed by atoms with Gasteiger partial charge in [0.15, 0.2) is 5.41 Å². The van der Waals surface area contributed by atoms with E-state index in [4.69, 9.17) is 41.0 Å². The number of ether oxygens (including phenoxy) is 3. The van der Waals surface area contributed by atoms with Crippen molar-refractivity contribution in [3.05, 3.63) is 203 Å². The number of Topliss-reactive ketones (excluding diaryl/α,β-unsaturated/α-hetero) is 3. The van der Waals surface area contributed by atoms with Crippen molar-refractivity contribution in [1.29, 1.82) is 0 Å². The number of carbonyl (C=O) groups excluding carboxylic acids is 6. The van der Waals surface area contributed by atoms with Crippen LogP contribution < -0.4 is 41.6 Å². The van der Waals surface area contributed by atoms with Crippen molar-refractivity contribution in [3.8, 4) is 34.5 Å². The van der Waals surface area contributed by atoms with Gasteiger partial charge in [-0.15, -0.1) is 0 Å². The number of hydrogen-bond acceptors (Lipinski definition) is 17. The van der Waals surface area contributed by atoms with Crippen molar-refractivity contribution in [3.63, 3.8) is 0 Å². The molecule has 0 spiro atoms. The van der Waals surface area contributed by atoms with Gasteiger partial charge in [-0.3, -0.25) is 58.1 Å². The zero-order chi connectivity index (χ0) is 73.4. The number of ketones is 3. The maximum absolute atomic E-state index is 14.9. The van der Waals surface area contributed by atoms with Crippen molar-refractivity contribution < 1.29 is 94.6 Å². The number of hydrogen-bond donors (Lipinski definition) is 8. The highest BCUT2D eigenvalue weighted by Crippen LogP contribution is 2.49. The average Bonchev–Trinajstić information content (AvgIpc) is 1.64. The summed E-state index contributed by atoms with van der Waals surface area (Å²) < 4.78 is 85.0. The van der Waals surface area contributed by atoms with Crippen LogP contribution in [0.15, 0.2) is 140 Å². The van der Waals surface area contributed by atoms with Gasteiger partial charge in [-0.25, -0.2) is 22.0 Å². The molecule has 0 aliphatic heterocycles. The van der Waals surface area contributed by atoms with Crippen LogP contribution in [-0.4, -0.2) is 83.3 Å². The fourth-order valence-corrected chi connectivity index (χ4v) is 9.25. The van der Waals surface area contributed by atoms with E-state index in [0.29, 0.717) is 75.4 Å². The maximum atomic E-state index is 14.9. The number of carboxylic acid groups (broad SMARTS) is 3. The Kier molecular flexibility index (Phi) is 24.8. The second kappa shape index (κ2) is 32.8. The van der Waals surface area contributed by atoms with Crippen molar-refractivity contribution in [2.24, 2.45) is 16.2 Å². The second-order valence-electron chi connectivity index (χ2n) is 23.8. The largest absolute Gasteiger partial charge is 0.480 e. The fraction of sp³-hybridized carbons (Fsp3) is 0.250. The van der Waals surface area contributed by atoms with Gasteiger partial charge in [0.05, 0.1) is 34.1 Å². The first-order chi connectivity index (χ1) is 47.2. The van der Waals surface area contributed by atoms with Crippen molar-refractivity contribution in [2.45, 2.75) is 99.3 Å². The monoisotopic (exact) mass is 1380 g/mol. The van der Waals surface area contributed by atoms with Crippen LogP contribution in [0, 0.1) is 66.1 Å².